The monoisotopic (exact) mass is 268 g/mol. The number of ether oxygens (including phenoxy) is 1. The van der Waals surface area contributed by atoms with E-state index in [-0.39, 0.29) is 18.0 Å². The van der Waals surface area contributed by atoms with Crippen LogP contribution in [0.5, 0.6) is 0 Å². The van der Waals surface area contributed by atoms with Gasteiger partial charge in [0, 0.05) is 5.02 Å². The van der Waals surface area contributed by atoms with Crippen molar-refractivity contribution in [3.05, 3.63) is 34.9 Å². The highest BCUT2D eigenvalue weighted by atomic mass is 35.5. The molecule has 0 unspecified atom stereocenters. The summed E-state index contributed by atoms with van der Waals surface area (Å²) in [4.78, 5) is 11.7. The summed E-state index contributed by atoms with van der Waals surface area (Å²) in [6.07, 6.45) is 2.41. The van der Waals surface area contributed by atoms with E-state index in [4.69, 9.17) is 16.3 Å². The fraction of sp³-hybridized carbons (Fsp3) is 0.533. The van der Waals surface area contributed by atoms with Crippen LogP contribution in [0.15, 0.2) is 24.3 Å². The third-order valence-electron chi connectivity index (χ3n) is 2.76. The highest BCUT2D eigenvalue weighted by Crippen LogP contribution is 2.26. The molecule has 0 aliphatic carbocycles. The number of rotatable bonds is 6. The lowest BCUT2D eigenvalue weighted by atomic mass is 9.91. The van der Waals surface area contributed by atoms with Crippen LogP contribution in [-0.2, 0) is 9.53 Å². The molecule has 0 amide bonds. The summed E-state index contributed by atoms with van der Waals surface area (Å²) < 4.78 is 5.21. The Morgan fingerprint density at radius 3 is 2.39 bits per heavy atom. The van der Waals surface area contributed by atoms with E-state index in [0.717, 1.165) is 23.4 Å². The second kappa shape index (κ2) is 7.42. The molecule has 1 aromatic carbocycles. The molecule has 18 heavy (non-hydrogen) atoms. The number of esters is 1. The Hall–Kier alpha value is -1.02. The highest BCUT2D eigenvalue weighted by molar-refractivity contribution is 6.30. The first kappa shape index (κ1) is 15.0. The van der Waals surface area contributed by atoms with Crippen molar-refractivity contribution >= 4 is 17.6 Å². The maximum absolute atomic E-state index is 11.7. The van der Waals surface area contributed by atoms with Crippen LogP contribution in [0.3, 0.4) is 0 Å². The molecular weight excluding hydrogens is 248 g/mol. The Balaban J connectivity index is 2.70. The van der Waals surface area contributed by atoms with Crippen LogP contribution in [0, 0.1) is 0 Å². The van der Waals surface area contributed by atoms with Crippen molar-refractivity contribution in [2.24, 2.45) is 0 Å². The number of carbonyl (C=O) groups excluding carboxylic acids is 1. The van der Waals surface area contributed by atoms with Crippen LogP contribution in [0.2, 0.25) is 5.02 Å². The van der Waals surface area contributed by atoms with E-state index < -0.39 is 0 Å². The summed E-state index contributed by atoms with van der Waals surface area (Å²) >= 11 is 5.88. The lowest BCUT2D eigenvalue weighted by Gasteiger charge is -2.17. The normalized spacial score (nSPS) is 12.5. The van der Waals surface area contributed by atoms with Crippen LogP contribution in [0.25, 0.3) is 0 Å². The summed E-state index contributed by atoms with van der Waals surface area (Å²) in [5.41, 5.74) is 1.15. The van der Waals surface area contributed by atoms with E-state index in [1.807, 2.05) is 38.1 Å². The lowest BCUT2D eigenvalue weighted by Crippen LogP contribution is -2.15. The zero-order valence-electron chi connectivity index (χ0n) is 11.3. The number of hydrogen-bond donors (Lipinski definition) is 0. The molecule has 0 fully saturated rings. The number of halogens is 1. The first-order valence-electron chi connectivity index (χ1n) is 6.47. The van der Waals surface area contributed by atoms with E-state index in [1.54, 1.807) is 0 Å². The second-order valence-electron chi connectivity index (χ2n) is 4.78. The van der Waals surface area contributed by atoms with Gasteiger partial charge in [-0.05, 0) is 43.9 Å². The van der Waals surface area contributed by atoms with Crippen molar-refractivity contribution in [3.8, 4) is 0 Å². The van der Waals surface area contributed by atoms with Crippen molar-refractivity contribution in [3.63, 3.8) is 0 Å². The van der Waals surface area contributed by atoms with Gasteiger partial charge in [0.25, 0.3) is 0 Å². The Kier molecular flexibility index (Phi) is 6.20. The lowest BCUT2D eigenvalue weighted by molar-refractivity contribution is -0.147. The molecule has 0 saturated carbocycles. The number of carbonyl (C=O) groups is 1. The predicted molar refractivity (Wildman–Crippen MR) is 74.9 cm³/mol. The topological polar surface area (TPSA) is 26.3 Å². The second-order valence-corrected chi connectivity index (χ2v) is 5.22. The Morgan fingerprint density at radius 1 is 1.28 bits per heavy atom. The first-order valence-corrected chi connectivity index (χ1v) is 6.85. The van der Waals surface area contributed by atoms with Crippen LogP contribution in [0.4, 0.5) is 0 Å². The quantitative estimate of drug-likeness (QED) is 0.707. The average molecular weight is 269 g/mol. The molecule has 1 atom stereocenters. The van der Waals surface area contributed by atoms with E-state index in [9.17, 15) is 4.79 Å². The Bertz CT molecular complexity index is 371. The SMILES string of the molecule is CCC[C@H](CC(=O)OC(C)C)c1ccc(Cl)cc1. The third-order valence-corrected chi connectivity index (χ3v) is 3.01. The van der Waals surface area contributed by atoms with Crippen LogP contribution in [-0.4, -0.2) is 12.1 Å². The minimum atomic E-state index is -0.126. The van der Waals surface area contributed by atoms with Gasteiger partial charge in [-0.2, -0.15) is 0 Å². The van der Waals surface area contributed by atoms with Gasteiger partial charge in [-0.25, -0.2) is 0 Å². The molecular formula is C15H21ClO2. The molecule has 0 saturated heterocycles. The van der Waals surface area contributed by atoms with Gasteiger partial charge < -0.3 is 4.74 Å². The summed E-state index contributed by atoms with van der Waals surface area (Å²) in [7, 11) is 0. The van der Waals surface area contributed by atoms with Crippen molar-refractivity contribution in [1.82, 2.24) is 0 Å². The first-order chi connectivity index (χ1) is 8.52. The summed E-state index contributed by atoms with van der Waals surface area (Å²) in [5, 5.41) is 0.721. The molecule has 2 nitrogen and oxygen atoms in total. The van der Waals surface area contributed by atoms with Crippen molar-refractivity contribution in [2.75, 3.05) is 0 Å². The van der Waals surface area contributed by atoms with Crippen molar-refractivity contribution < 1.29 is 9.53 Å². The molecule has 0 aromatic heterocycles. The van der Waals surface area contributed by atoms with E-state index in [1.165, 1.54) is 0 Å². The van der Waals surface area contributed by atoms with E-state index in [2.05, 4.69) is 6.92 Å². The fourth-order valence-corrected chi connectivity index (χ4v) is 2.11. The third kappa shape index (κ3) is 5.09. The van der Waals surface area contributed by atoms with Crippen molar-refractivity contribution in [2.45, 2.75) is 52.1 Å². The molecule has 0 bridgehead atoms. The average Bonchev–Trinajstić information content (AvgIpc) is 2.28. The van der Waals surface area contributed by atoms with E-state index >= 15 is 0 Å². The standard InChI is InChI=1S/C15H21ClO2/c1-4-5-13(10-15(17)18-11(2)3)12-6-8-14(16)9-7-12/h6-9,11,13H,4-5,10H2,1-3H3/t13-/m1/s1. The van der Waals surface area contributed by atoms with Crippen molar-refractivity contribution in [1.29, 1.82) is 0 Å². The van der Waals surface area contributed by atoms with Gasteiger partial charge in [0.05, 0.1) is 12.5 Å². The highest BCUT2D eigenvalue weighted by Gasteiger charge is 2.17. The van der Waals surface area contributed by atoms with Crippen LogP contribution >= 0.6 is 11.6 Å². The smallest absolute Gasteiger partial charge is 0.306 e. The van der Waals surface area contributed by atoms with Gasteiger partial charge in [0.1, 0.15) is 0 Å². The van der Waals surface area contributed by atoms with Gasteiger partial charge in [0.2, 0.25) is 0 Å². The summed E-state index contributed by atoms with van der Waals surface area (Å²) in [5.74, 6) is 0.0944. The minimum absolute atomic E-state index is 0.0509. The van der Waals surface area contributed by atoms with Gasteiger partial charge in [-0.3, -0.25) is 4.79 Å². The van der Waals surface area contributed by atoms with Gasteiger partial charge in [0.15, 0.2) is 0 Å². The number of hydrogen-bond acceptors (Lipinski definition) is 2. The molecule has 0 aliphatic rings. The molecule has 0 radical (unpaired) electrons. The molecule has 100 valence electrons. The van der Waals surface area contributed by atoms with Crippen LogP contribution < -0.4 is 0 Å². The van der Waals surface area contributed by atoms with Gasteiger partial charge >= 0.3 is 5.97 Å². The molecule has 3 heteroatoms. The molecule has 0 heterocycles. The zero-order chi connectivity index (χ0) is 13.5. The molecule has 0 N–H and O–H groups in total. The zero-order valence-corrected chi connectivity index (χ0v) is 12.0. The van der Waals surface area contributed by atoms with Crippen LogP contribution in [0.1, 0.15) is 51.5 Å². The maximum Gasteiger partial charge on any atom is 0.306 e. The molecule has 1 aromatic rings. The molecule has 0 aliphatic heterocycles. The predicted octanol–water partition coefficient (Wildman–Crippen LogP) is 4.57. The maximum atomic E-state index is 11.7. The van der Waals surface area contributed by atoms with Gasteiger partial charge in [-0.15, -0.1) is 0 Å². The summed E-state index contributed by atoms with van der Waals surface area (Å²) in [6, 6.07) is 7.72. The Labute approximate surface area is 114 Å². The number of benzene rings is 1. The minimum Gasteiger partial charge on any atom is -0.463 e. The summed E-state index contributed by atoms with van der Waals surface area (Å²) in [6.45, 7) is 5.86. The van der Waals surface area contributed by atoms with E-state index in [0.29, 0.717) is 6.42 Å². The fourth-order valence-electron chi connectivity index (χ4n) is 1.98. The largest absolute Gasteiger partial charge is 0.463 e. The van der Waals surface area contributed by atoms with Gasteiger partial charge in [-0.1, -0.05) is 37.1 Å². The molecule has 0 spiro atoms. The molecule has 1 rings (SSSR count). The Morgan fingerprint density at radius 2 is 1.89 bits per heavy atom.